The van der Waals surface area contributed by atoms with Crippen molar-refractivity contribution >= 4 is 11.9 Å². The Morgan fingerprint density at radius 2 is 2.11 bits per heavy atom. The summed E-state index contributed by atoms with van der Waals surface area (Å²) in [5.74, 6) is -1.35. The van der Waals surface area contributed by atoms with Crippen molar-refractivity contribution < 1.29 is 19.4 Å². The van der Waals surface area contributed by atoms with Crippen LogP contribution >= 0.6 is 0 Å². The van der Waals surface area contributed by atoms with Gasteiger partial charge in [-0.2, -0.15) is 0 Å². The van der Waals surface area contributed by atoms with Gasteiger partial charge in [0.25, 0.3) is 0 Å². The largest absolute Gasteiger partial charge is 0.479 e. The van der Waals surface area contributed by atoms with Crippen molar-refractivity contribution in [3.63, 3.8) is 0 Å². The molecule has 2 atom stereocenters. The van der Waals surface area contributed by atoms with E-state index in [1.54, 1.807) is 30.3 Å². The molecule has 102 valence electrons. The Morgan fingerprint density at radius 3 is 2.68 bits per heavy atom. The third kappa shape index (κ3) is 3.79. The molecule has 0 saturated carbocycles. The number of carbonyl (C=O) groups is 2. The van der Waals surface area contributed by atoms with Crippen LogP contribution in [0.25, 0.3) is 0 Å². The molecule has 0 aliphatic carbocycles. The van der Waals surface area contributed by atoms with Crippen LogP contribution < -0.4 is 5.32 Å². The maximum atomic E-state index is 11.8. The molecule has 0 spiro atoms. The average Bonchev–Trinajstić information content (AvgIpc) is 2.89. The van der Waals surface area contributed by atoms with E-state index in [1.807, 2.05) is 0 Å². The van der Waals surface area contributed by atoms with E-state index in [0.29, 0.717) is 12.2 Å². The number of ether oxygens (including phenoxy) is 1. The van der Waals surface area contributed by atoms with Crippen LogP contribution in [0.15, 0.2) is 30.3 Å². The summed E-state index contributed by atoms with van der Waals surface area (Å²) in [6.45, 7) is 0.680. The average molecular weight is 263 g/mol. The molecule has 5 nitrogen and oxygen atoms in total. The lowest BCUT2D eigenvalue weighted by Gasteiger charge is -2.16. The zero-order valence-electron chi connectivity index (χ0n) is 10.5. The Morgan fingerprint density at radius 1 is 1.37 bits per heavy atom. The summed E-state index contributed by atoms with van der Waals surface area (Å²) in [6.07, 6.45) is 1.96. The van der Waals surface area contributed by atoms with E-state index in [0.717, 1.165) is 12.8 Å². The smallest absolute Gasteiger partial charge is 0.330 e. The Kier molecular flexibility index (Phi) is 4.52. The van der Waals surface area contributed by atoms with E-state index in [4.69, 9.17) is 4.74 Å². The van der Waals surface area contributed by atoms with Gasteiger partial charge in [-0.1, -0.05) is 30.3 Å². The highest BCUT2D eigenvalue weighted by molar-refractivity contribution is 5.84. The lowest BCUT2D eigenvalue weighted by molar-refractivity contribution is -0.142. The molecule has 2 N–H and O–H groups in total. The molecule has 1 aromatic carbocycles. The van der Waals surface area contributed by atoms with Crippen LogP contribution in [0.1, 0.15) is 30.9 Å². The van der Waals surface area contributed by atoms with Crippen molar-refractivity contribution in [2.24, 2.45) is 0 Å². The molecule has 1 aromatic rings. The molecule has 1 saturated heterocycles. The Hall–Kier alpha value is -1.88. The number of carboxylic acid groups (broad SMARTS) is 1. The molecule has 1 aliphatic heterocycles. The maximum Gasteiger partial charge on any atom is 0.330 e. The molecular formula is C14H17NO4. The first-order chi connectivity index (χ1) is 9.16. The first kappa shape index (κ1) is 13.5. The standard InChI is InChI=1S/C14H17NO4/c16-12(9-11-7-4-8-19-11)15-13(14(17)18)10-5-2-1-3-6-10/h1-3,5-6,11,13H,4,7-9H2,(H,15,16)(H,17,18)/t11-,13-/m1/s1. The third-order valence-electron chi connectivity index (χ3n) is 3.12. The minimum Gasteiger partial charge on any atom is -0.479 e. The molecule has 0 unspecified atom stereocenters. The van der Waals surface area contributed by atoms with Crippen molar-refractivity contribution in [2.75, 3.05) is 6.61 Å². The number of hydrogen-bond acceptors (Lipinski definition) is 3. The van der Waals surface area contributed by atoms with Gasteiger partial charge in [0.1, 0.15) is 0 Å². The van der Waals surface area contributed by atoms with Gasteiger partial charge in [-0.15, -0.1) is 0 Å². The monoisotopic (exact) mass is 263 g/mol. The van der Waals surface area contributed by atoms with Crippen molar-refractivity contribution in [3.8, 4) is 0 Å². The summed E-state index contributed by atoms with van der Waals surface area (Å²) >= 11 is 0. The molecule has 19 heavy (non-hydrogen) atoms. The number of rotatable bonds is 5. The van der Waals surface area contributed by atoms with E-state index in [9.17, 15) is 14.7 Å². The highest BCUT2D eigenvalue weighted by atomic mass is 16.5. The zero-order valence-corrected chi connectivity index (χ0v) is 10.5. The molecule has 5 heteroatoms. The molecule has 1 heterocycles. The molecule has 0 bridgehead atoms. The van der Waals surface area contributed by atoms with Crippen molar-refractivity contribution in [3.05, 3.63) is 35.9 Å². The normalized spacial score (nSPS) is 19.9. The second kappa shape index (κ2) is 6.33. The lowest BCUT2D eigenvalue weighted by Crippen LogP contribution is -2.35. The van der Waals surface area contributed by atoms with Crippen LogP contribution in [0.3, 0.4) is 0 Å². The number of aliphatic carboxylic acids is 1. The summed E-state index contributed by atoms with van der Waals surface area (Å²) < 4.78 is 5.36. The highest BCUT2D eigenvalue weighted by Gasteiger charge is 2.24. The Labute approximate surface area is 111 Å². The fourth-order valence-corrected chi connectivity index (χ4v) is 2.17. The van der Waals surface area contributed by atoms with E-state index in [2.05, 4.69) is 5.32 Å². The van der Waals surface area contributed by atoms with Gasteiger partial charge in [-0.3, -0.25) is 4.79 Å². The van der Waals surface area contributed by atoms with Gasteiger partial charge in [0.05, 0.1) is 12.5 Å². The molecular weight excluding hydrogens is 246 g/mol. The summed E-state index contributed by atoms with van der Waals surface area (Å²) in [5, 5.41) is 11.7. The summed E-state index contributed by atoms with van der Waals surface area (Å²) in [5.41, 5.74) is 0.565. The minimum atomic E-state index is -1.06. The summed E-state index contributed by atoms with van der Waals surface area (Å²) in [6, 6.07) is 7.66. The maximum absolute atomic E-state index is 11.8. The number of hydrogen-bond donors (Lipinski definition) is 2. The Balaban J connectivity index is 1.97. The molecule has 0 radical (unpaired) electrons. The predicted molar refractivity (Wildman–Crippen MR) is 68.6 cm³/mol. The molecule has 2 rings (SSSR count). The molecule has 0 aromatic heterocycles. The van der Waals surface area contributed by atoms with Crippen molar-refractivity contribution in [1.82, 2.24) is 5.32 Å². The van der Waals surface area contributed by atoms with E-state index in [1.165, 1.54) is 0 Å². The van der Waals surface area contributed by atoms with Crippen molar-refractivity contribution in [1.29, 1.82) is 0 Å². The second-order valence-corrected chi connectivity index (χ2v) is 4.59. The van der Waals surface area contributed by atoms with Crippen LogP contribution in [-0.4, -0.2) is 29.7 Å². The van der Waals surface area contributed by atoms with Gasteiger partial charge in [0, 0.05) is 6.61 Å². The van der Waals surface area contributed by atoms with Crippen LogP contribution in [0.4, 0.5) is 0 Å². The molecule has 1 amide bonds. The number of benzene rings is 1. The van der Waals surface area contributed by atoms with E-state index >= 15 is 0 Å². The summed E-state index contributed by atoms with van der Waals surface area (Å²) in [4.78, 5) is 23.1. The first-order valence-corrected chi connectivity index (χ1v) is 6.35. The van der Waals surface area contributed by atoms with Gasteiger partial charge >= 0.3 is 5.97 Å². The Bertz CT molecular complexity index is 440. The summed E-state index contributed by atoms with van der Waals surface area (Å²) in [7, 11) is 0. The number of carbonyl (C=O) groups excluding carboxylic acids is 1. The third-order valence-corrected chi connectivity index (χ3v) is 3.12. The van der Waals surface area contributed by atoms with Gasteiger partial charge in [0.2, 0.25) is 5.91 Å². The quantitative estimate of drug-likeness (QED) is 0.844. The predicted octanol–water partition coefficient (Wildman–Crippen LogP) is 1.50. The second-order valence-electron chi connectivity index (χ2n) is 4.59. The van der Waals surface area contributed by atoms with Crippen LogP contribution in [0.2, 0.25) is 0 Å². The fraction of sp³-hybridized carbons (Fsp3) is 0.429. The number of carboxylic acids is 1. The van der Waals surface area contributed by atoms with Gasteiger partial charge < -0.3 is 15.2 Å². The van der Waals surface area contributed by atoms with Crippen molar-refractivity contribution in [2.45, 2.75) is 31.4 Å². The topological polar surface area (TPSA) is 75.6 Å². The lowest BCUT2D eigenvalue weighted by atomic mass is 10.1. The van der Waals surface area contributed by atoms with Gasteiger partial charge in [-0.05, 0) is 18.4 Å². The SMILES string of the molecule is O=C(C[C@H]1CCCO1)N[C@@H](C(=O)O)c1ccccc1. The van der Waals surface area contributed by atoms with Crippen LogP contribution in [0, 0.1) is 0 Å². The highest BCUT2D eigenvalue weighted by Crippen LogP contribution is 2.17. The zero-order chi connectivity index (χ0) is 13.7. The van der Waals surface area contributed by atoms with E-state index < -0.39 is 12.0 Å². The number of nitrogens with one attached hydrogen (secondary N) is 1. The fourth-order valence-electron chi connectivity index (χ4n) is 2.17. The van der Waals surface area contributed by atoms with Gasteiger partial charge in [-0.25, -0.2) is 4.79 Å². The van der Waals surface area contributed by atoms with Crippen LogP contribution in [0.5, 0.6) is 0 Å². The molecule has 1 fully saturated rings. The molecule has 1 aliphatic rings. The number of amides is 1. The van der Waals surface area contributed by atoms with Gasteiger partial charge in [0.15, 0.2) is 6.04 Å². The van der Waals surface area contributed by atoms with Crippen LogP contribution in [-0.2, 0) is 14.3 Å². The first-order valence-electron chi connectivity index (χ1n) is 6.35. The minimum absolute atomic E-state index is 0.0785. The van der Waals surface area contributed by atoms with E-state index in [-0.39, 0.29) is 18.4 Å².